The van der Waals surface area contributed by atoms with Gasteiger partial charge in [0, 0.05) is 10.0 Å². The summed E-state index contributed by atoms with van der Waals surface area (Å²) in [6, 6.07) is 9.67. The van der Waals surface area contributed by atoms with Crippen LogP contribution in [0, 0.1) is 0 Å². The van der Waals surface area contributed by atoms with Crippen molar-refractivity contribution in [2.45, 2.75) is 51.1 Å². The summed E-state index contributed by atoms with van der Waals surface area (Å²) >= 11 is 3.69. The van der Waals surface area contributed by atoms with Crippen LogP contribution in [0.5, 0.6) is 0 Å². The van der Waals surface area contributed by atoms with Crippen molar-refractivity contribution in [3.63, 3.8) is 0 Å². The van der Waals surface area contributed by atoms with Crippen LogP contribution >= 0.6 is 15.9 Å². The lowest BCUT2D eigenvalue weighted by atomic mass is 10.1. The molecule has 0 radical (unpaired) electrons. The van der Waals surface area contributed by atoms with Crippen LogP contribution in [-0.4, -0.2) is 32.2 Å². The fourth-order valence-corrected chi connectivity index (χ4v) is 4.53. The Bertz CT molecular complexity index is 433. The Morgan fingerprint density at radius 3 is 2.24 bits per heavy atom. The average Bonchev–Trinajstić information content (AvgIpc) is 2.80. The topological polar surface area (TPSA) is 8.88 Å². The monoisotopic (exact) mass is 352 g/mol. The Morgan fingerprint density at radius 2 is 1.57 bits per heavy atom. The van der Waals surface area contributed by atoms with Gasteiger partial charge in [-0.05, 0) is 31.7 Å². The number of nitrogens with one attached hydrogen (secondary N) is 2. The molecule has 21 heavy (non-hydrogen) atoms. The maximum atomic E-state index is 3.69. The van der Waals surface area contributed by atoms with Crippen LogP contribution in [0.25, 0.3) is 0 Å². The number of hydrogen-bond donors (Lipinski definition) is 2. The van der Waals surface area contributed by atoms with E-state index in [4.69, 9.17) is 0 Å². The number of hydrogen-bond acceptors (Lipinski definition) is 0. The zero-order chi connectivity index (χ0) is 14.5. The molecular formula is C18H29BrN2+2. The van der Waals surface area contributed by atoms with Gasteiger partial charge in [0.15, 0.2) is 0 Å². The van der Waals surface area contributed by atoms with Gasteiger partial charge < -0.3 is 9.80 Å². The first-order valence-corrected chi connectivity index (χ1v) is 9.54. The van der Waals surface area contributed by atoms with E-state index >= 15 is 0 Å². The normalized spacial score (nSPS) is 28.2. The van der Waals surface area contributed by atoms with Crippen LogP contribution < -0.4 is 9.80 Å². The molecule has 0 unspecified atom stereocenters. The molecule has 1 saturated heterocycles. The summed E-state index contributed by atoms with van der Waals surface area (Å²) in [6.45, 7) is 6.62. The van der Waals surface area contributed by atoms with Crippen LogP contribution in [-0.2, 0) is 6.54 Å². The first-order valence-electron chi connectivity index (χ1n) is 8.74. The highest BCUT2D eigenvalue weighted by Gasteiger charge is 2.29. The molecule has 2 fully saturated rings. The summed E-state index contributed by atoms with van der Waals surface area (Å²) < 4.78 is 1.27. The minimum atomic E-state index is 0.970. The van der Waals surface area contributed by atoms with Crippen LogP contribution in [0.15, 0.2) is 28.7 Å². The lowest BCUT2D eigenvalue weighted by Crippen LogP contribution is -3.29. The van der Waals surface area contributed by atoms with Gasteiger partial charge >= 0.3 is 0 Å². The van der Waals surface area contributed by atoms with Crippen molar-refractivity contribution in [3.05, 3.63) is 34.3 Å². The molecule has 0 bridgehead atoms. The van der Waals surface area contributed by atoms with E-state index in [0.717, 1.165) is 6.04 Å². The standard InChI is InChI=1S/C18H27BrN2/c19-18-10-6-5-7-16(18)15-20-11-13-21(14-12-20)17-8-3-1-2-4-9-17/h5-7,10,17H,1-4,8-9,11-15H2/p+2. The third kappa shape index (κ3) is 4.30. The maximum absolute atomic E-state index is 3.69. The van der Waals surface area contributed by atoms with E-state index in [9.17, 15) is 0 Å². The van der Waals surface area contributed by atoms with E-state index in [1.54, 1.807) is 4.90 Å². The fraction of sp³-hybridized carbons (Fsp3) is 0.667. The van der Waals surface area contributed by atoms with Gasteiger partial charge in [0.1, 0.15) is 32.7 Å². The number of rotatable bonds is 3. The smallest absolute Gasteiger partial charge is 0.127 e. The highest BCUT2D eigenvalue weighted by Crippen LogP contribution is 2.16. The molecule has 1 aliphatic heterocycles. The van der Waals surface area contributed by atoms with E-state index in [0.29, 0.717) is 0 Å². The number of halogens is 1. The van der Waals surface area contributed by atoms with Gasteiger partial charge in [-0.2, -0.15) is 0 Å². The second-order valence-corrected chi connectivity index (χ2v) is 7.72. The van der Waals surface area contributed by atoms with Crippen molar-refractivity contribution < 1.29 is 9.80 Å². The van der Waals surface area contributed by atoms with Crippen molar-refractivity contribution in [1.29, 1.82) is 0 Å². The minimum absolute atomic E-state index is 0.970. The average molecular weight is 353 g/mol. The van der Waals surface area contributed by atoms with Crippen LogP contribution in [0.1, 0.15) is 44.1 Å². The molecule has 1 aliphatic carbocycles. The Morgan fingerprint density at radius 1 is 0.905 bits per heavy atom. The van der Waals surface area contributed by atoms with E-state index in [-0.39, 0.29) is 0 Å². The summed E-state index contributed by atoms with van der Waals surface area (Å²) in [7, 11) is 0. The molecule has 1 aromatic carbocycles. The zero-order valence-corrected chi connectivity index (χ0v) is 14.6. The summed E-state index contributed by atoms with van der Waals surface area (Å²) in [5.41, 5.74) is 1.46. The lowest BCUT2D eigenvalue weighted by molar-refractivity contribution is -1.03. The van der Waals surface area contributed by atoms with Crippen molar-refractivity contribution >= 4 is 15.9 Å². The molecule has 1 aromatic rings. The molecule has 2 nitrogen and oxygen atoms in total. The van der Waals surface area contributed by atoms with Gasteiger partial charge in [-0.3, -0.25) is 0 Å². The molecule has 0 spiro atoms. The second kappa shape index (κ2) is 7.75. The molecule has 2 aliphatic rings. The van der Waals surface area contributed by atoms with Gasteiger partial charge in [0.25, 0.3) is 0 Å². The van der Waals surface area contributed by atoms with E-state index in [1.807, 2.05) is 4.90 Å². The van der Waals surface area contributed by atoms with Gasteiger partial charge in [-0.25, -0.2) is 0 Å². The largest absolute Gasteiger partial charge is 0.323 e. The van der Waals surface area contributed by atoms with E-state index in [1.165, 1.54) is 81.3 Å². The van der Waals surface area contributed by atoms with Crippen LogP contribution in [0.2, 0.25) is 0 Å². The highest BCUT2D eigenvalue weighted by molar-refractivity contribution is 9.10. The Hall–Kier alpha value is -0.380. The Kier molecular flexibility index (Phi) is 5.73. The number of quaternary nitrogens is 2. The van der Waals surface area contributed by atoms with E-state index < -0.39 is 0 Å². The van der Waals surface area contributed by atoms with Crippen molar-refractivity contribution in [3.8, 4) is 0 Å². The number of piperazine rings is 1. The molecule has 3 rings (SSSR count). The minimum Gasteiger partial charge on any atom is -0.323 e. The van der Waals surface area contributed by atoms with Crippen molar-refractivity contribution in [2.75, 3.05) is 26.2 Å². The third-order valence-corrected chi connectivity index (χ3v) is 6.20. The van der Waals surface area contributed by atoms with Crippen molar-refractivity contribution in [1.82, 2.24) is 0 Å². The lowest BCUT2D eigenvalue weighted by Gasteiger charge is -2.34. The van der Waals surface area contributed by atoms with Crippen molar-refractivity contribution in [2.24, 2.45) is 0 Å². The fourth-order valence-electron chi connectivity index (χ4n) is 4.11. The Labute approximate surface area is 137 Å². The first-order chi connectivity index (χ1) is 10.3. The molecule has 0 amide bonds. The molecule has 2 N–H and O–H groups in total. The zero-order valence-electron chi connectivity index (χ0n) is 13.0. The summed E-state index contributed by atoms with van der Waals surface area (Å²) in [6.07, 6.45) is 8.86. The van der Waals surface area contributed by atoms with E-state index in [2.05, 4.69) is 40.2 Å². The molecule has 0 atom stereocenters. The van der Waals surface area contributed by atoms with Gasteiger partial charge in [0.2, 0.25) is 0 Å². The quantitative estimate of drug-likeness (QED) is 0.762. The molecule has 1 heterocycles. The summed E-state index contributed by atoms with van der Waals surface area (Å²) in [5, 5.41) is 0. The first kappa shape index (κ1) is 15.5. The summed E-state index contributed by atoms with van der Waals surface area (Å²) in [4.78, 5) is 3.67. The van der Waals surface area contributed by atoms with Crippen LogP contribution in [0.3, 0.4) is 0 Å². The van der Waals surface area contributed by atoms with Gasteiger partial charge in [-0.15, -0.1) is 0 Å². The highest BCUT2D eigenvalue weighted by atomic mass is 79.9. The summed E-state index contributed by atoms with van der Waals surface area (Å²) in [5.74, 6) is 0. The third-order valence-electron chi connectivity index (χ3n) is 5.43. The second-order valence-electron chi connectivity index (χ2n) is 6.86. The van der Waals surface area contributed by atoms with Gasteiger partial charge in [-0.1, -0.05) is 47.0 Å². The molecule has 0 aromatic heterocycles. The predicted molar refractivity (Wildman–Crippen MR) is 90.7 cm³/mol. The maximum Gasteiger partial charge on any atom is 0.127 e. The Balaban J connectivity index is 1.49. The molecule has 1 saturated carbocycles. The van der Waals surface area contributed by atoms with Gasteiger partial charge in [0.05, 0.1) is 6.04 Å². The molecule has 3 heteroatoms. The molecule has 116 valence electrons. The number of benzene rings is 1. The van der Waals surface area contributed by atoms with Crippen LogP contribution in [0.4, 0.5) is 0 Å². The SMILES string of the molecule is Brc1ccccc1C[NH+]1CC[NH+](C2CCCCCC2)CC1. The molecular weight excluding hydrogens is 324 g/mol. The predicted octanol–water partition coefficient (Wildman–Crippen LogP) is 1.46.